The molecule has 4 atom stereocenters. The second kappa shape index (κ2) is 2.22. The fraction of sp³-hybridized carbons (Fsp3) is 1.00. The SMILES string of the molecule is CC1CCCC1C1(N)CC1C. The maximum Gasteiger partial charge on any atom is 0.0215 e. The van der Waals surface area contributed by atoms with Crippen molar-refractivity contribution in [3.05, 3.63) is 0 Å². The van der Waals surface area contributed by atoms with Crippen LogP contribution in [-0.4, -0.2) is 5.54 Å². The van der Waals surface area contributed by atoms with Crippen LogP contribution in [0.2, 0.25) is 0 Å². The summed E-state index contributed by atoms with van der Waals surface area (Å²) >= 11 is 0. The summed E-state index contributed by atoms with van der Waals surface area (Å²) in [6.07, 6.45) is 5.50. The lowest BCUT2D eigenvalue weighted by Gasteiger charge is -2.23. The first-order chi connectivity index (χ1) is 5.14. The van der Waals surface area contributed by atoms with Crippen molar-refractivity contribution in [2.24, 2.45) is 23.5 Å². The highest BCUT2D eigenvalue weighted by Crippen LogP contribution is 2.53. The minimum absolute atomic E-state index is 0.260. The van der Waals surface area contributed by atoms with Crippen LogP contribution >= 0.6 is 0 Å². The van der Waals surface area contributed by atoms with Gasteiger partial charge in [-0.3, -0.25) is 0 Å². The van der Waals surface area contributed by atoms with Gasteiger partial charge in [-0.1, -0.05) is 26.7 Å². The van der Waals surface area contributed by atoms with E-state index in [-0.39, 0.29) is 5.54 Å². The Kier molecular flexibility index (Phi) is 1.54. The first-order valence-electron chi connectivity index (χ1n) is 4.93. The molecule has 2 rings (SSSR count). The maximum atomic E-state index is 6.29. The largest absolute Gasteiger partial charge is 0.325 e. The molecular weight excluding hydrogens is 134 g/mol. The van der Waals surface area contributed by atoms with Crippen molar-refractivity contribution < 1.29 is 0 Å². The zero-order valence-corrected chi connectivity index (χ0v) is 7.64. The van der Waals surface area contributed by atoms with Gasteiger partial charge in [0.1, 0.15) is 0 Å². The monoisotopic (exact) mass is 153 g/mol. The molecule has 0 aliphatic heterocycles. The lowest BCUT2D eigenvalue weighted by atomic mass is 9.87. The maximum absolute atomic E-state index is 6.29. The standard InChI is InChI=1S/C10H19N/c1-7-4-3-5-9(7)10(11)6-8(10)2/h7-9H,3-6,11H2,1-2H3. The van der Waals surface area contributed by atoms with E-state index in [0.29, 0.717) is 0 Å². The van der Waals surface area contributed by atoms with Crippen molar-refractivity contribution in [3.8, 4) is 0 Å². The third-order valence-electron chi connectivity index (χ3n) is 3.97. The molecule has 0 amide bonds. The number of rotatable bonds is 1. The number of nitrogens with two attached hydrogens (primary N) is 1. The molecule has 1 nitrogen and oxygen atoms in total. The van der Waals surface area contributed by atoms with Gasteiger partial charge < -0.3 is 5.73 Å². The Morgan fingerprint density at radius 1 is 1.27 bits per heavy atom. The van der Waals surface area contributed by atoms with Gasteiger partial charge >= 0.3 is 0 Å². The molecule has 0 aromatic carbocycles. The zero-order valence-electron chi connectivity index (χ0n) is 7.64. The van der Waals surface area contributed by atoms with Crippen molar-refractivity contribution in [1.29, 1.82) is 0 Å². The van der Waals surface area contributed by atoms with E-state index in [9.17, 15) is 0 Å². The normalized spacial score (nSPS) is 56.5. The third-order valence-corrected chi connectivity index (χ3v) is 3.97. The lowest BCUT2D eigenvalue weighted by molar-refractivity contribution is 0.314. The van der Waals surface area contributed by atoms with Gasteiger partial charge in [0.25, 0.3) is 0 Å². The second-order valence-electron chi connectivity index (χ2n) is 4.73. The molecule has 2 aliphatic carbocycles. The van der Waals surface area contributed by atoms with Gasteiger partial charge in [0.2, 0.25) is 0 Å². The average molecular weight is 153 g/mol. The van der Waals surface area contributed by atoms with Crippen LogP contribution in [0.15, 0.2) is 0 Å². The lowest BCUT2D eigenvalue weighted by Crippen LogP contribution is -2.35. The van der Waals surface area contributed by atoms with Crippen molar-refractivity contribution >= 4 is 0 Å². The molecule has 0 bridgehead atoms. The molecule has 0 spiro atoms. The molecule has 1 heteroatoms. The highest BCUT2D eigenvalue weighted by Gasteiger charge is 2.55. The van der Waals surface area contributed by atoms with Crippen LogP contribution in [0.3, 0.4) is 0 Å². The van der Waals surface area contributed by atoms with Crippen LogP contribution < -0.4 is 5.73 Å². The molecular formula is C10H19N. The smallest absolute Gasteiger partial charge is 0.0215 e. The Labute approximate surface area is 69.4 Å². The molecule has 0 saturated heterocycles. The van der Waals surface area contributed by atoms with Gasteiger partial charge in [-0.15, -0.1) is 0 Å². The molecule has 2 saturated carbocycles. The first kappa shape index (κ1) is 7.60. The minimum Gasteiger partial charge on any atom is -0.325 e. The van der Waals surface area contributed by atoms with Crippen molar-refractivity contribution in [2.75, 3.05) is 0 Å². The Morgan fingerprint density at radius 2 is 1.91 bits per heavy atom. The molecule has 0 heterocycles. The summed E-state index contributed by atoms with van der Waals surface area (Å²) in [4.78, 5) is 0. The summed E-state index contributed by atoms with van der Waals surface area (Å²) < 4.78 is 0. The van der Waals surface area contributed by atoms with Crippen LogP contribution in [0.4, 0.5) is 0 Å². The predicted octanol–water partition coefficient (Wildman–Crippen LogP) is 2.16. The van der Waals surface area contributed by atoms with Gasteiger partial charge in [-0.2, -0.15) is 0 Å². The Hall–Kier alpha value is -0.0400. The van der Waals surface area contributed by atoms with Gasteiger partial charge in [0, 0.05) is 5.54 Å². The van der Waals surface area contributed by atoms with E-state index >= 15 is 0 Å². The number of hydrogen-bond donors (Lipinski definition) is 1. The van der Waals surface area contributed by atoms with Crippen molar-refractivity contribution in [2.45, 2.75) is 45.1 Å². The van der Waals surface area contributed by atoms with E-state index < -0.39 is 0 Å². The molecule has 2 N–H and O–H groups in total. The van der Waals surface area contributed by atoms with E-state index in [0.717, 1.165) is 17.8 Å². The van der Waals surface area contributed by atoms with E-state index in [2.05, 4.69) is 13.8 Å². The zero-order chi connectivity index (χ0) is 8.06. The summed E-state index contributed by atoms with van der Waals surface area (Å²) in [5.41, 5.74) is 6.55. The van der Waals surface area contributed by atoms with Gasteiger partial charge in [0.05, 0.1) is 0 Å². The quantitative estimate of drug-likeness (QED) is 0.614. The third kappa shape index (κ3) is 1.01. The predicted molar refractivity (Wildman–Crippen MR) is 47.2 cm³/mol. The van der Waals surface area contributed by atoms with E-state index in [1.54, 1.807) is 0 Å². The Morgan fingerprint density at radius 3 is 2.27 bits per heavy atom. The van der Waals surface area contributed by atoms with Gasteiger partial charge in [-0.25, -0.2) is 0 Å². The second-order valence-corrected chi connectivity index (χ2v) is 4.73. The van der Waals surface area contributed by atoms with E-state index in [1.807, 2.05) is 0 Å². The molecule has 11 heavy (non-hydrogen) atoms. The molecule has 2 fully saturated rings. The molecule has 0 aromatic heterocycles. The average Bonchev–Trinajstić information content (AvgIpc) is 2.43. The molecule has 0 radical (unpaired) electrons. The van der Waals surface area contributed by atoms with E-state index in [1.165, 1.54) is 25.7 Å². The summed E-state index contributed by atoms with van der Waals surface area (Å²) in [5.74, 6) is 2.54. The fourth-order valence-electron chi connectivity index (χ4n) is 2.93. The van der Waals surface area contributed by atoms with E-state index in [4.69, 9.17) is 5.73 Å². The Balaban J connectivity index is 2.05. The summed E-state index contributed by atoms with van der Waals surface area (Å²) in [7, 11) is 0. The van der Waals surface area contributed by atoms with Crippen molar-refractivity contribution in [3.63, 3.8) is 0 Å². The highest BCUT2D eigenvalue weighted by molar-refractivity contribution is 5.11. The highest BCUT2D eigenvalue weighted by atomic mass is 14.9. The van der Waals surface area contributed by atoms with Crippen LogP contribution in [0.1, 0.15) is 39.5 Å². The molecule has 64 valence electrons. The van der Waals surface area contributed by atoms with Crippen LogP contribution in [-0.2, 0) is 0 Å². The Bertz CT molecular complexity index is 166. The van der Waals surface area contributed by atoms with Gasteiger partial charge in [-0.05, 0) is 30.6 Å². The van der Waals surface area contributed by atoms with Gasteiger partial charge in [0.15, 0.2) is 0 Å². The topological polar surface area (TPSA) is 26.0 Å². The summed E-state index contributed by atoms with van der Waals surface area (Å²) in [5, 5.41) is 0. The minimum atomic E-state index is 0.260. The first-order valence-corrected chi connectivity index (χ1v) is 4.93. The fourth-order valence-corrected chi connectivity index (χ4v) is 2.93. The summed E-state index contributed by atoms with van der Waals surface area (Å²) in [6.45, 7) is 4.67. The molecule has 2 aliphatic rings. The van der Waals surface area contributed by atoms with Crippen LogP contribution in [0.5, 0.6) is 0 Å². The van der Waals surface area contributed by atoms with Crippen LogP contribution in [0.25, 0.3) is 0 Å². The molecule has 0 aromatic rings. The van der Waals surface area contributed by atoms with Crippen molar-refractivity contribution in [1.82, 2.24) is 0 Å². The summed E-state index contributed by atoms with van der Waals surface area (Å²) in [6, 6.07) is 0. The molecule has 4 unspecified atom stereocenters. The van der Waals surface area contributed by atoms with Crippen LogP contribution in [0, 0.1) is 17.8 Å². The number of hydrogen-bond acceptors (Lipinski definition) is 1.